The molecule has 1 aliphatic carbocycles. The summed E-state index contributed by atoms with van der Waals surface area (Å²) in [5, 5.41) is 15.6. The maximum absolute atomic E-state index is 12.2. The standard InChI is InChI=1S/C19H21NO4S/c21-18(22)12-16(20-19(23)17-6-3-11-25-17)13-7-9-15(10-8-13)24-14-4-1-2-5-14/h3,6-11,14,16H,1-2,4-5,12H2,(H,20,23)(H,21,22)/p-1/t16-/m1/s1. The van der Waals surface area contributed by atoms with E-state index in [1.54, 1.807) is 29.6 Å². The fourth-order valence-electron chi connectivity index (χ4n) is 3.03. The van der Waals surface area contributed by atoms with E-state index in [2.05, 4.69) is 5.32 Å². The normalized spacial score (nSPS) is 15.7. The molecule has 1 N–H and O–H groups in total. The molecule has 5 nitrogen and oxygen atoms in total. The summed E-state index contributed by atoms with van der Waals surface area (Å²) in [4.78, 5) is 23.8. The number of carbonyl (C=O) groups is 2. The number of aliphatic carboxylic acids is 1. The van der Waals surface area contributed by atoms with Crippen molar-refractivity contribution in [3.8, 4) is 5.75 Å². The minimum atomic E-state index is -1.21. The summed E-state index contributed by atoms with van der Waals surface area (Å²) in [6, 6.07) is 10.1. The zero-order valence-corrected chi connectivity index (χ0v) is 14.6. The molecule has 0 spiro atoms. The molecule has 1 amide bonds. The Morgan fingerprint density at radius 2 is 1.92 bits per heavy atom. The molecule has 1 aromatic carbocycles. The van der Waals surface area contributed by atoms with Crippen LogP contribution in [0.1, 0.15) is 53.4 Å². The quantitative estimate of drug-likeness (QED) is 0.825. The molecule has 0 aliphatic heterocycles. The molecule has 1 aliphatic rings. The smallest absolute Gasteiger partial charge is 0.261 e. The van der Waals surface area contributed by atoms with Crippen LogP contribution in [0.4, 0.5) is 0 Å². The van der Waals surface area contributed by atoms with Gasteiger partial charge >= 0.3 is 0 Å². The van der Waals surface area contributed by atoms with Crippen LogP contribution >= 0.6 is 11.3 Å². The van der Waals surface area contributed by atoms with Crippen molar-refractivity contribution in [1.29, 1.82) is 0 Å². The molecule has 1 fully saturated rings. The number of amides is 1. The SMILES string of the molecule is O=C([O-])C[C@@H](NC(=O)c1cccs1)c1ccc(OC2CCCC2)cc1. The van der Waals surface area contributed by atoms with Crippen LogP contribution in [0.3, 0.4) is 0 Å². The number of thiophene rings is 1. The van der Waals surface area contributed by atoms with Crippen LogP contribution < -0.4 is 15.2 Å². The van der Waals surface area contributed by atoms with Crippen molar-refractivity contribution in [2.45, 2.75) is 44.2 Å². The number of hydrogen-bond acceptors (Lipinski definition) is 5. The molecule has 2 aromatic rings. The fourth-order valence-corrected chi connectivity index (χ4v) is 3.66. The lowest BCUT2D eigenvalue weighted by Gasteiger charge is -2.20. The number of nitrogens with one attached hydrogen (secondary N) is 1. The molecule has 1 aromatic heterocycles. The maximum atomic E-state index is 12.2. The topological polar surface area (TPSA) is 78.5 Å². The summed E-state index contributed by atoms with van der Waals surface area (Å²) >= 11 is 1.31. The number of hydrogen-bond donors (Lipinski definition) is 1. The van der Waals surface area contributed by atoms with E-state index in [9.17, 15) is 14.7 Å². The Hall–Kier alpha value is -2.34. The van der Waals surface area contributed by atoms with E-state index in [-0.39, 0.29) is 18.4 Å². The van der Waals surface area contributed by atoms with Crippen LogP contribution in [0.2, 0.25) is 0 Å². The summed E-state index contributed by atoms with van der Waals surface area (Å²) in [5.74, 6) is -0.720. The first-order valence-corrected chi connectivity index (χ1v) is 9.30. The number of rotatable bonds is 7. The van der Waals surface area contributed by atoms with Gasteiger partial charge in [-0.25, -0.2) is 0 Å². The second kappa shape index (κ2) is 8.16. The predicted molar refractivity (Wildman–Crippen MR) is 93.5 cm³/mol. The minimum absolute atomic E-state index is 0.267. The molecule has 0 bridgehead atoms. The number of carboxylic acids is 1. The van der Waals surface area contributed by atoms with Gasteiger partial charge in [-0.2, -0.15) is 0 Å². The van der Waals surface area contributed by atoms with Crippen molar-refractivity contribution in [1.82, 2.24) is 5.32 Å². The van der Waals surface area contributed by atoms with Crippen LogP contribution in [-0.4, -0.2) is 18.0 Å². The third kappa shape index (κ3) is 4.82. The second-order valence-corrected chi connectivity index (χ2v) is 7.12. The Balaban J connectivity index is 1.69. The zero-order valence-electron chi connectivity index (χ0n) is 13.8. The van der Waals surface area contributed by atoms with Gasteiger partial charge in [-0.05, 0) is 54.8 Å². The van der Waals surface area contributed by atoms with Gasteiger partial charge in [-0.3, -0.25) is 4.79 Å². The third-order valence-electron chi connectivity index (χ3n) is 4.31. The van der Waals surface area contributed by atoms with Gasteiger partial charge in [0.05, 0.1) is 17.0 Å². The van der Waals surface area contributed by atoms with E-state index in [1.165, 1.54) is 24.2 Å². The zero-order chi connectivity index (χ0) is 17.6. The van der Waals surface area contributed by atoms with Gasteiger partial charge in [0.15, 0.2) is 0 Å². The van der Waals surface area contributed by atoms with E-state index in [0.29, 0.717) is 10.4 Å². The van der Waals surface area contributed by atoms with Crippen molar-refractivity contribution in [3.05, 3.63) is 52.2 Å². The highest BCUT2D eigenvalue weighted by Gasteiger charge is 2.19. The van der Waals surface area contributed by atoms with Crippen molar-refractivity contribution in [3.63, 3.8) is 0 Å². The lowest BCUT2D eigenvalue weighted by Crippen LogP contribution is -2.33. The molecule has 1 heterocycles. The first-order valence-electron chi connectivity index (χ1n) is 8.42. The average Bonchev–Trinajstić information content (AvgIpc) is 3.28. The third-order valence-corrected chi connectivity index (χ3v) is 5.18. The highest BCUT2D eigenvalue weighted by Crippen LogP contribution is 2.26. The van der Waals surface area contributed by atoms with Crippen molar-refractivity contribution in [2.24, 2.45) is 0 Å². The highest BCUT2D eigenvalue weighted by molar-refractivity contribution is 7.12. The molecule has 1 atom stereocenters. The largest absolute Gasteiger partial charge is 0.550 e. The van der Waals surface area contributed by atoms with Crippen LogP contribution in [0.25, 0.3) is 0 Å². The molecule has 132 valence electrons. The Labute approximate surface area is 150 Å². The molecular weight excluding hydrogens is 338 g/mol. The molecule has 6 heteroatoms. The summed E-state index contributed by atoms with van der Waals surface area (Å²) < 4.78 is 5.92. The average molecular weight is 358 g/mol. The van der Waals surface area contributed by atoms with Gasteiger partial charge in [0.25, 0.3) is 5.91 Å². The lowest BCUT2D eigenvalue weighted by molar-refractivity contribution is -0.306. The summed E-state index contributed by atoms with van der Waals surface area (Å²) in [6.45, 7) is 0. The number of benzene rings is 1. The summed E-state index contributed by atoms with van der Waals surface area (Å²) in [7, 11) is 0. The van der Waals surface area contributed by atoms with Gasteiger partial charge in [-0.15, -0.1) is 11.3 Å². The summed E-state index contributed by atoms with van der Waals surface area (Å²) in [6.07, 6.45) is 4.54. The van der Waals surface area contributed by atoms with Crippen LogP contribution in [0.5, 0.6) is 5.75 Å². The first kappa shape index (κ1) is 17.5. The van der Waals surface area contributed by atoms with E-state index in [4.69, 9.17) is 4.74 Å². The molecule has 25 heavy (non-hydrogen) atoms. The van der Waals surface area contributed by atoms with Gasteiger partial charge in [0, 0.05) is 12.4 Å². The number of carboxylic acid groups (broad SMARTS) is 1. The van der Waals surface area contributed by atoms with E-state index in [1.807, 2.05) is 12.1 Å². The molecule has 0 radical (unpaired) electrons. The molecule has 1 saturated carbocycles. The lowest BCUT2D eigenvalue weighted by atomic mass is 10.0. The Kier molecular flexibility index (Phi) is 5.71. The first-order chi connectivity index (χ1) is 12.1. The number of carbonyl (C=O) groups excluding carboxylic acids is 2. The number of ether oxygens (including phenoxy) is 1. The van der Waals surface area contributed by atoms with Gasteiger partial charge in [0.1, 0.15) is 5.75 Å². The predicted octanol–water partition coefficient (Wildman–Crippen LogP) is 2.68. The van der Waals surface area contributed by atoms with Gasteiger partial charge in [0.2, 0.25) is 0 Å². The van der Waals surface area contributed by atoms with Crippen molar-refractivity contribution in [2.75, 3.05) is 0 Å². The molecule has 0 unspecified atom stereocenters. The molecule has 3 rings (SSSR count). The fraction of sp³-hybridized carbons (Fsp3) is 0.368. The van der Waals surface area contributed by atoms with Gasteiger partial charge in [-0.1, -0.05) is 18.2 Å². The Morgan fingerprint density at radius 1 is 1.20 bits per heavy atom. The molecular formula is C19H20NO4S-. The molecule has 0 saturated heterocycles. The van der Waals surface area contributed by atoms with Crippen molar-refractivity contribution < 1.29 is 19.4 Å². The highest BCUT2D eigenvalue weighted by atomic mass is 32.1. The Morgan fingerprint density at radius 3 is 2.52 bits per heavy atom. The Bertz CT molecular complexity index is 706. The van der Waals surface area contributed by atoms with Gasteiger partial charge < -0.3 is 20.0 Å². The minimum Gasteiger partial charge on any atom is -0.550 e. The summed E-state index contributed by atoms with van der Waals surface area (Å²) in [5.41, 5.74) is 0.716. The van der Waals surface area contributed by atoms with Crippen LogP contribution in [0.15, 0.2) is 41.8 Å². The monoisotopic (exact) mass is 358 g/mol. The van der Waals surface area contributed by atoms with Crippen LogP contribution in [0, 0.1) is 0 Å². The van der Waals surface area contributed by atoms with E-state index in [0.717, 1.165) is 18.6 Å². The van der Waals surface area contributed by atoms with E-state index < -0.39 is 12.0 Å². The van der Waals surface area contributed by atoms with E-state index >= 15 is 0 Å². The maximum Gasteiger partial charge on any atom is 0.261 e. The van der Waals surface area contributed by atoms with Crippen LogP contribution in [-0.2, 0) is 4.79 Å². The second-order valence-electron chi connectivity index (χ2n) is 6.17. The van der Waals surface area contributed by atoms with Crippen molar-refractivity contribution >= 4 is 23.2 Å².